The van der Waals surface area contributed by atoms with Crippen LogP contribution in [0.4, 0.5) is 5.69 Å². The molecule has 1 amide bonds. The molecule has 1 aromatic rings. The lowest BCUT2D eigenvalue weighted by atomic mass is 9.85. The zero-order valence-corrected chi connectivity index (χ0v) is 14.7. The fourth-order valence-electron chi connectivity index (χ4n) is 1.91. The number of nitrogens with one attached hydrogen (secondary N) is 1. The van der Waals surface area contributed by atoms with E-state index in [0.717, 1.165) is 5.69 Å². The Morgan fingerprint density at radius 3 is 2.05 bits per heavy atom. The normalized spacial score (nSPS) is 13.6. The summed E-state index contributed by atoms with van der Waals surface area (Å²) in [6.45, 7) is 16.1. The van der Waals surface area contributed by atoms with Crippen LogP contribution in [0.3, 0.4) is 0 Å². The molecule has 2 N–H and O–H groups in total. The second-order valence-corrected chi connectivity index (χ2v) is 7.97. The average Bonchev–Trinajstić information content (AvgIpc) is 2.36. The Labute approximate surface area is 134 Å². The number of anilines is 1. The summed E-state index contributed by atoms with van der Waals surface area (Å²) in [7, 11) is 0. The van der Waals surface area contributed by atoms with Crippen molar-refractivity contribution >= 4 is 11.6 Å². The van der Waals surface area contributed by atoms with Crippen LogP contribution in [0.2, 0.25) is 0 Å². The Morgan fingerprint density at radius 1 is 1.14 bits per heavy atom. The van der Waals surface area contributed by atoms with Gasteiger partial charge in [-0.25, -0.2) is 0 Å². The van der Waals surface area contributed by atoms with E-state index in [1.807, 2.05) is 45.0 Å². The van der Waals surface area contributed by atoms with Crippen LogP contribution in [-0.4, -0.2) is 17.1 Å². The van der Waals surface area contributed by atoms with Gasteiger partial charge in [-0.3, -0.25) is 4.79 Å². The van der Waals surface area contributed by atoms with Crippen LogP contribution >= 0.6 is 0 Å². The number of benzene rings is 1. The Kier molecular flexibility index (Phi) is 5.58. The molecule has 0 spiro atoms. The van der Waals surface area contributed by atoms with Gasteiger partial charge in [0.15, 0.2) is 0 Å². The second kappa shape index (κ2) is 6.66. The maximum absolute atomic E-state index is 12.1. The highest BCUT2D eigenvalue weighted by Crippen LogP contribution is 2.25. The average molecular weight is 303 g/mol. The predicted octanol–water partition coefficient (Wildman–Crippen LogP) is 4.28. The van der Waals surface area contributed by atoms with Crippen LogP contribution in [0.1, 0.15) is 53.5 Å². The Morgan fingerprint density at radius 2 is 1.64 bits per heavy atom. The molecule has 0 saturated carbocycles. The van der Waals surface area contributed by atoms with Crippen LogP contribution in [-0.2, 0) is 10.2 Å². The molecule has 1 rings (SSSR count). The summed E-state index contributed by atoms with van der Waals surface area (Å²) < 4.78 is 0. The van der Waals surface area contributed by atoms with Crippen molar-refractivity contribution in [2.45, 2.75) is 59.5 Å². The van der Waals surface area contributed by atoms with E-state index in [1.54, 1.807) is 0 Å². The van der Waals surface area contributed by atoms with Gasteiger partial charge in [-0.15, -0.1) is 0 Å². The zero-order chi connectivity index (χ0) is 17.1. The van der Waals surface area contributed by atoms with Gasteiger partial charge in [0.05, 0.1) is 6.10 Å². The largest absolute Gasteiger partial charge is 0.392 e. The third kappa shape index (κ3) is 5.30. The molecule has 0 aliphatic rings. The number of carbonyl (C=O) groups is 1. The van der Waals surface area contributed by atoms with Crippen molar-refractivity contribution in [3.05, 3.63) is 42.0 Å². The molecule has 0 bridgehead atoms. The number of amides is 1. The molecule has 0 heterocycles. The summed E-state index contributed by atoms with van der Waals surface area (Å²) in [5.74, 6) is -0.244. The number of carbonyl (C=O) groups excluding carboxylic acids is 1. The lowest BCUT2D eigenvalue weighted by Crippen LogP contribution is -2.28. The van der Waals surface area contributed by atoms with Crippen LogP contribution < -0.4 is 5.32 Å². The van der Waals surface area contributed by atoms with Gasteiger partial charge >= 0.3 is 0 Å². The minimum atomic E-state index is -0.589. The molecule has 0 aliphatic carbocycles. The number of hydrogen-bond donors (Lipinski definition) is 2. The van der Waals surface area contributed by atoms with Crippen LogP contribution in [0.25, 0.3) is 0 Å². The van der Waals surface area contributed by atoms with Gasteiger partial charge in [0.1, 0.15) is 0 Å². The molecule has 0 saturated heterocycles. The highest BCUT2D eigenvalue weighted by Gasteiger charge is 2.24. The summed E-state index contributed by atoms with van der Waals surface area (Å²) in [5.41, 5.74) is 2.17. The van der Waals surface area contributed by atoms with Crippen molar-refractivity contribution in [2.75, 3.05) is 5.32 Å². The first kappa shape index (κ1) is 18.4. The first-order chi connectivity index (χ1) is 9.91. The van der Waals surface area contributed by atoms with Gasteiger partial charge < -0.3 is 10.4 Å². The van der Waals surface area contributed by atoms with Crippen molar-refractivity contribution < 1.29 is 9.90 Å². The third-order valence-electron chi connectivity index (χ3n) is 3.77. The molecular formula is C19H29NO2. The Bertz CT molecular complexity index is 530. The Hall–Kier alpha value is -1.61. The summed E-state index contributed by atoms with van der Waals surface area (Å²) in [6.07, 6.45) is -0.316. The molecule has 0 unspecified atom stereocenters. The number of aliphatic hydroxyl groups is 1. The molecule has 0 fully saturated rings. The van der Waals surface area contributed by atoms with E-state index in [1.165, 1.54) is 5.56 Å². The molecule has 3 heteroatoms. The summed E-state index contributed by atoms with van der Waals surface area (Å²) >= 11 is 0. The van der Waals surface area contributed by atoms with Crippen LogP contribution in [0, 0.1) is 5.41 Å². The minimum Gasteiger partial charge on any atom is -0.392 e. The van der Waals surface area contributed by atoms with Crippen molar-refractivity contribution in [1.82, 2.24) is 0 Å². The maximum atomic E-state index is 12.1. The molecule has 122 valence electrons. The van der Waals surface area contributed by atoms with Gasteiger partial charge in [0, 0.05) is 17.7 Å². The SMILES string of the molecule is C=C(C[C@H](O)C(C)(C)C)C(=O)Nc1ccc(C(C)(C)C)cc1. The molecule has 0 aromatic heterocycles. The fourth-order valence-corrected chi connectivity index (χ4v) is 1.91. The molecule has 1 atom stereocenters. The van der Waals surface area contributed by atoms with E-state index in [2.05, 4.69) is 32.7 Å². The summed E-state index contributed by atoms with van der Waals surface area (Å²) in [6, 6.07) is 7.82. The molecular weight excluding hydrogens is 274 g/mol. The fraction of sp³-hybridized carbons (Fsp3) is 0.526. The smallest absolute Gasteiger partial charge is 0.251 e. The van der Waals surface area contributed by atoms with Gasteiger partial charge in [-0.1, -0.05) is 60.3 Å². The van der Waals surface area contributed by atoms with E-state index in [4.69, 9.17) is 0 Å². The zero-order valence-electron chi connectivity index (χ0n) is 14.7. The topological polar surface area (TPSA) is 49.3 Å². The van der Waals surface area contributed by atoms with E-state index < -0.39 is 6.10 Å². The standard InChI is InChI=1S/C19H29NO2/c1-13(12-16(21)19(5,6)7)17(22)20-15-10-8-14(9-11-15)18(2,3)4/h8-11,16,21H,1,12H2,2-7H3,(H,20,22)/t16-/m0/s1. The van der Waals surface area contributed by atoms with Crippen molar-refractivity contribution in [2.24, 2.45) is 5.41 Å². The van der Waals surface area contributed by atoms with E-state index in [0.29, 0.717) is 5.57 Å². The first-order valence-corrected chi connectivity index (χ1v) is 7.69. The van der Waals surface area contributed by atoms with E-state index >= 15 is 0 Å². The number of hydrogen-bond acceptors (Lipinski definition) is 2. The summed E-state index contributed by atoms with van der Waals surface area (Å²) in [4.78, 5) is 12.1. The van der Waals surface area contributed by atoms with Crippen molar-refractivity contribution in [3.63, 3.8) is 0 Å². The van der Waals surface area contributed by atoms with Gasteiger partial charge in [0.2, 0.25) is 0 Å². The van der Waals surface area contributed by atoms with Gasteiger partial charge in [-0.2, -0.15) is 0 Å². The highest BCUT2D eigenvalue weighted by molar-refractivity contribution is 6.03. The first-order valence-electron chi connectivity index (χ1n) is 7.69. The minimum absolute atomic E-state index is 0.0863. The lowest BCUT2D eigenvalue weighted by Gasteiger charge is -2.26. The summed E-state index contributed by atoms with van der Waals surface area (Å²) in [5, 5.41) is 12.9. The quantitative estimate of drug-likeness (QED) is 0.816. The number of rotatable bonds is 4. The molecule has 1 aromatic carbocycles. The third-order valence-corrected chi connectivity index (χ3v) is 3.77. The lowest BCUT2D eigenvalue weighted by molar-refractivity contribution is -0.113. The van der Waals surface area contributed by atoms with Gasteiger partial charge in [-0.05, 0) is 28.5 Å². The monoisotopic (exact) mass is 303 g/mol. The number of aliphatic hydroxyl groups excluding tert-OH is 1. The Balaban J connectivity index is 2.67. The maximum Gasteiger partial charge on any atom is 0.251 e. The van der Waals surface area contributed by atoms with Gasteiger partial charge in [0.25, 0.3) is 5.91 Å². The molecule has 3 nitrogen and oxygen atoms in total. The second-order valence-electron chi connectivity index (χ2n) is 7.97. The van der Waals surface area contributed by atoms with Crippen molar-refractivity contribution in [3.8, 4) is 0 Å². The molecule has 22 heavy (non-hydrogen) atoms. The van der Waals surface area contributed by atoms with E-state index in [9.17, 15) is 9.90 Å². The molecule has 0 radical (unpaired) electrons. The van der Waals surface area contributed by atoms with E-state index in [-0.39, 0.29) is 23.2 Å². The molecule has 0 aliphatic heterocycles. The highest BCUT2D eigenvalue weighted by atomic mass is 16.3. The predicted molar refractivity (Wildman–Crippen MR) is 93.0 cm³/mol. The van der Waals surface area contributed by atoms with Crippen LogP contribution in [0.15, 0.2) is 36.4 Å². The van der Waals surface area contributed by atoms with Crippen molar-refractivity contribution in [1.29, 1.82) is 0 Å². The van der Waals surface area contributed by atoms with Crippen LogP contribution in [0.5, 0.6) is 0 Å².